The molecule has 124 valence electrons. The van der Waals surface area contributed by atoms with Crippen molar-refractivity contribution in [2.45, 2.75) is 45.3 Å². The highest BCUT2D eigenvalue weighted by Crippen LogP contribution is 2.42. The number of anilines is 1. The zero-order valence-corrected chi connectivity index (χ0v) is 14.9. The molecule has 1 amide bonds. The van der Waals surface area contributed by atoms with Crippen LogP contribution >= 0.6 is 10.5 Å². The van der Waals surface area contributed by atoms with Crippen LogP contribution in [0.15, 0.2) is 41.8 Å². The third kappa shape index (κ3) is 4.83. The molecule has 1 aromatic heterocycles. The van der Waals surface area contributed by atoms with Gasteiger partial charge in [0.25, 0.3) is 0 Å². The molecule has 0 saturated carbocycles. The second kappa shape index (κ2) is 8.16. The fourth-order valence-corrected chi connectivity index (χ4v) is 4.66. The smallest absolute Gasteiger partial charge is 0.249 e. The lowest BCUT2D eigenvalue weighted by molar-refractivity contribution is -0.242. The van der Waals surface area contributed by atoms with Crippen LogP contribution in [0.2, 0.25) is 0 Å². The van der Waals surface area contributed by atoms with Gasteiger partial charge in [0.05, 0.1) is 0 Å². The van der Waals surface area contributed by atoms with Gasteiger partial charge in [-0.3, -0.25) is 5.32 Å². The van der Waals surface area contributed by atoms with Gasteiger partial charge in [-0.05, 0) is 23.8 Å². The average Bonchev–Trinajstić information content (AvgIpc) is 2.89. The minimum absolute atomic E-state index is 0.159. The van der Waals surface area contributed by atoms with Crippen molar-refractivity contribution in [3.8, 4) is 0 Å². The molecule has 2 atom stereocenters. The van der Waals surface area contributed by atoms with E-state index in [2.05, 4.69) is 61.8 Å². The van der Waals surface area contributed by atoms with Crippen LogP contribution in [-0.4, -0.2) is 6.09 Å². The van der Waals surface area contributed by atoms with Crippen molar-refractivity contribution in [1.29, 1.82) is 0 Å². The molecule has 0 radical (unpaired) electrons. The van der Waals surface area contributed by atoms with Crippen LogP contribution in [0.1, 0.15) is 44.2 Å². The largest absolute Gasteiger partial charge is 0.530 e. The fraction of sp³-hybridized carbons (Fsp3) is 0.421. The number of carbonyl (C=O) groups is 1. The molecule has 0 aliphatic heterocycles. The summed E-state index contributed by atoms with van der Waals surface area (Å²) in [6.07, 6.45) is 0.850. The first-order valence-corrected chi connectivity index (χ1v) is 9.58. The molecule has 4 heteroatoms. The minimum atomic E-state index is -1.21. The minimum Gasteiger partial charge on any atom is -0.530 e. The molecule has 0 fully saturated rings. The number of carboxylic acid groups (broad SMARTS) is 1. The Balaban J connectivity index is 2.09. The van der Waals surface area contributed by atoms with Gasteiger partial charge in [0, 0.05) is 28.5 Å². The topological polar surface area (TPSA) is 52.2 Å². The molecule has 1 aromatic carbocycles. The Morgan fingerprint density at radius 2 is 1.87 bits per heavy atom. The molecule has 1 heterocycles. The molecule has 2 rings (SSSR count). The molecule has 0 spiro atoms. The van der Waals surface area contributed by atoms with Crippen LogP contribution in [0.4, 0.5) is 9.80 Å². The van der Waals surface area contributed by atoms with Crippen molar-refractivity contribution in [2.75, 3.05) is 5.32 Å². The molecule has 1 N–H and O–H groups in total. The van der Waals surface area contributed by atoms with Gasteiger partial charge < -0.3 is 9.90 Å². The van der Waals surface area contributed by atoms with Crippen molar-refractivity contribution >= 4 is 21.6 Å². The summed E-state index contributed by atoms with van der Waals surface area (Å²) < 4.78 is 0. The highest BCUT2D eigenvalue weighted by Gasteiger charge is 2.25. The van der Waals surface area contributed by atoms with Crippen LogP contribution in [0.25, 0.3) is 0 Å². The number of benzene rings is 1. The van der Waals surface area contributed by atoms with E-state index in [4.69, 9.17) is 0 Å². The summed E-state index contributed by atoms with van der Waals surface area (Å²) in [5.74, 6) is 1.77. The van der Waals surface area contributed by atoms with Gasteiger partial charge in [-0.2, -0.15) is 0 Å². The molecular formula is C19H25NO2S. The molecule has 23 heavy (non-hydrogen) atoms. The average molecular weight is 331 g/mol. The van der Waals surface area contributed by atoms with Crippen molar-refractivity contribution in [1.82, 2.24) is 0 Å². The molecule has 0 aliphatic carbocycles. The van der Waals surface area contributed by atoms with Gasteiger partial charge in [-0.1, -0.05) is 51.1 Å². The second-order valence-corrected chi connectivity index (χ2v) is 8.20. The van der Waals surface area contributed by atoms with E-state index in [-0.39, 0.29) is 10.5 Å². The molecule has 0 aliphatic rings. The van der Waals surface area contributed by atoms with Gasteiger partial charge >= 0.3 is 0 Å². The number of carbonyl (C=O) groups excluding carboxylic acids is 1. The van der Waals surface area contributed by atoms with Crippen molar-refractivity contribution in [2.24, 2.45) is 5.92 Å². The number of hydrogen-bond acceptors (Lipinski definition) is 2. The van der Waals surface area contributed by atoms with E-state index in [9.17, 15) is 9.90 Å². The van der Waals surface area contributed by atoms with Gasteiger partial charge in [-0.15, -0.1) is 0 Å². The first-order valence-electron chi connectivity index (χ1n) is 8.13. The molecule has 2 unspecified atom stereocenters. The standard InChI is InChI=1S/C19H25NO2S/c1-14(2)15(3)17-11-13-23(18(17)20-19(21)22)12-7-10-16-8-5-4-6-9-16/h4-6,8-9,11,13-15,20H,7,10,12H2,1-3H3. The van der Waals surface area contributed by atoms with Crippen molar-refractivity contribution < 1.29 is 9.90 Å². The van der Waals surface area contributed by atoms with Crippen LogP contribution in [0, 0.1) is 5.92 Å². The predicted molar refractivity (Wildman–Crippen MR) is 96.0 cm³/mol. The first-order chi connectivity index (χ1) is 11.0. The van der Waals surface area contributed by atoms with Crippen molar-refractivity contribution in [3.63, 3.8) is 0 Å². The van der Waals surface area contributed by atoms with Crippen LogP contribution in [0.5, 0.6) is 0 Å². The molecule has 2 aromatic rings. The number of nitrogens with one attached hydrogen (secondary N) is 1. The Morgan fingerprint density at radius 1 is 1.17 bits per heavy atom. The maximum absolute atomic E-state index is 11.1. The van der Waals surface area contributed by atoms with E-state index in [0.717, 1.165) is 29.2 Å². The summed E-state index contributed by atoms with van der Waals surface area (Å²) in [6.45, 7) is 6.47. The zero-order valence-electron chi connectivity index (χ0n) is 14.0. The lowest BCUT2D eigenvalue weighted by Crippen LogP contribution is -2.29. The highest BCUT2D eigenvalue weighted by molar-refractivity contribution is 7.33. The molecule has 0 saturated heterocycles. The quantitative estimate of drug-likeness (QED) is 0.755. The Kier molecular flexibility index (Phi) is 6.22. The number of thiophene rings is 1. The van der Waals surface area contributed by atoms with Crippen LogP contribution in [-0.2, 0) is 12.2 Å². The summed E-state index contributed by atoms with van der Waals surface area (Å²) in [6, 6.07) is 12.5. The summed E-state index contributed by atoms with van der Waals surface area (Å²) in [4.78, 5) is 11.1. The highest BCUT2D eigenvalue weighted by atomic mass is 32.2. The number of aryl methyl sites for hydroxylation is 2. The van der Waals surface area contributed by atoms with E-state index >= 15 is 0 Å². The third-order valence-corrected chi connectivity index (χ3v) is 6.37. The predicted octanol–water partition coefficient (Wildman–Crippen LogP) is 4.58. The zero-order chi connectivity index (χ0) is 16.8. The van der Waals surface area contributed by atoms with Crippen LogP contribution < -0.4 is 10.4 Å². The second-order valence-electron chi connectivity index (χ2n) is 6.25. The first kappa shape index (κ1) is 17.5. The summed E-state index contributed by atoms with van der Waals surface area (Å²) >= 11 is 0. The fourth-order valence-electron chi connectivity index (χ4n) is 2.65. The third-order valence-electron chi connectivity index (χ3n) is 4.31. The normalized spacial score (nSPS) is 13.1. The maximum atomic E-state index is 11.1. The Morgan fingerprint density at radius 3 is 2.48 bits per heavy atom. The number of amides is 1. The van der Waals surface area contributed by atoms with E-state index in [1.54, 1.807) is 0 Å². The molecule has 3 nitrogen and oxygen atoms in total. The van der Waals surface area contributed by atoms with Crippen molar-refractivity contribution in [3.05, 3.63) is 52.9 Å². The van der Waals surface area contributed by atoms with E-state index in [1.807, 2.05) is 6.07 Å². The lowest BCUT2D eigenvalue weighted by atomic mass is 9.92. The Bertz CT molecular complexity index is 634. The van der Waals surface area contributed by atoms with Gasteiger partial charge in [0.15, 0.2) is 0 Å². The molecule has 0 bridgehead atoms. The lowest BCUT2D eigenvalue weighted by Gasteiger charge is -2.15. The van der Waals surface area contributed by atoms with Gasteiger partial charge in [0.2, 0.25) is 5.00 Å². The monoisotopic (exact) mass is 331 g/mol. The Labute approximate surface area is 141 Å². The SMILES string of the molecule is CC(C)C(C)c1cc[s+](CCCc2ccccc2)c1NC(=O)[O-]. The van der Waals surface area contributed by atoms with E-state index in [1.165, 1.54) is 5.56 Å². The van der Waals surface area contributed by atoms with Crippen LogP contribution in [0.3, 0.4) is 0 Å². The summed E-state index contributed by atoms with van der Waals surface area (Å²) in [5, 5.41) is 16.6. The molecular weight excluding hydrogens is 306 g/mol. The van der Waals surface area contributed by atoms with E-state index < -0.39 is 6.09 Å². The summed E-state index contributed by atoms with van der Waals surface area (Å²) in [7, 11) is -0.159. The Hall–Kier alpha value is -1.81. The maximum Gasteiger partial charge on any atom is 0.249 e. The van der Waals surface area contributed by atoms with E-state index in [0.29, 0.717) is 11.8 Å². The van der Waals surface area contributed by atoms with Gasteiger partial charge in [0.1, 0.15) is 17.2 Å². The van der Waals surface area contributed by atoms with Gasteiger partial charge in [-0.25, -0.2) is 0 Å². The number of hydrogen-bond donors (Lipinski definition) is 1. The number of rotatable bonds is 7. The summed E-state index contributed by atoms with van der Waals surface area (Å²) in [5.41, 5.74) is 2.45.